The number of rotatable bonds is 19. The summed E-state index contributed by atoms with van der Waals surface area (Å²) in [7, 11) is 2.30. The Morgan fingerprint density at radius 2 is 1.29 bits per heavy atom. The van der Waals surface area contributed by atoms with Crippen LogP contribution in [-0.2, 0) is 9.09 Å². The van der Waals surface area contributed by atoms with Crippen molar-refractivity contribution >= 4 is 7.60 Å². The van der Waals surface area contributed by atoms with Crippen LogP contribution in [-0.4, -0.2) is 42.9 Å². The fourth-order valence-corrected chi connectivity index (χ4v) is 5.58. The van der Waals surface area contributed by atoms with E-state index >= 15 is 0 Å². The molecule has 4 nitrogen and oxygen atoms in total. The quantitative estimate of drug-likeness (QED) is 0.104. The zero-order valence-corrected chi connectivity index (χ0v) is 20.4. The maximum atomic E-state index is 12.5. The summed E-state index contributed by atoms with van der Waals surface area (Å²) >= 11 is 0. The van der Waals surface area contributed by atoms with Crippen molar-refractivity contribution in [1.29, 1.82) is 0 Å². The number of unbranched alkanes of at least 4 members (excludes halogenated alkanes) is 11. The van der Waals surface area contributed by atoms with E-state index < -0.39 is 7.60 Å². The minimum absolute atomic E-state index is 0.347. The first-order valence-corrected chi connectivity index (χ1v) is 13.3. The summed E-state index contributed by atoms with van der Waals surface area (Å²) in [5, 5.41) is 0. The van der Waals surface area contributed by atoms with E-state index in [9.17, 15) is 9.46 Å². The Hall–Kier alpha value is -0.150. The molecule has 0 saturated heterocycles. The van der Waals surface area contributed by atoms with E-state index in [4.69, 9.17) is 4.52 Å². The topological polar surface area (TPSA) is 46.5 Å². The first-order valence-electron chi connectivity index (χ1n) is 11.7. The molecular weight excluding hydrogens is 369 g/mol. The van der Waals surface area contributed by atoms with Crippen LogP contribution in [0, 0.1) is 0 Å². The van der Waals surface area contributed by atoms with Gasteiger partial charge in [-0.25, -0.2) is 0 Å². The van der Waals surface area contributed by atoms with Crippen LogP contribution in [0.3, 0.4) is 0 Å². The molecule has 0 spiro atoms. The van der Waals surface area contributed by atoms with Crippen LogP contribution in [0.2, 0.25) is 0 Å². The average molecular weight is 419 g/mol. The highest BCUT2D eigenvalue weighted by Crippen LogP contribution is 2.51. The lowest BCUT2D eigenvalue weighted by Gasteiger charge is -2.35. The molecule has 0 fully saturated rings. The van der Waals surface area contributed by atoms with Crippen LogP contribution in [0.5, 0.6) is 0 Å². The van der Waals surface area contributed by atoms with Gasteiger partial charge in [-0.15, -0.1) is 0 Å². The molecule has 0 amide bonds. The van der Waals surface area contributed by atoms with Crippen LogP contribution < -0.4 is 0 Å². The minimum Gasteiger partial charge on any atom is -0.320 e. The van der Waals surface area contributed by atoms with Gasteiger partial charge < -0.3 is 13.9 Å². The second-order valence-corrected chi connectivity index (χ2v) is 11.0. The molecule has 2 unspecified atom stereocenters. The van der Waals surface area contributed by atoms with Gasteiger partial charge in [-0.3, -0.25) is 4.57 Å². The van der Waals surface area contributed by atoms with Crippen molar-refractivity contribution in [2.45, 2.75) is 110 Å². The Balaban J connectivity index is 3.52. The maximum Gasteiger partial charge on any atom is 0.385 e. The van der Waals surface area contributed by atoms with Gasteiger partial charge in [-0.1, -0.05) is 83.8 Å². The molecule has 0 saturated carbocycles. The molecule has 28 heavy (non-hydrogen) atoms. The third-order valence-electron chi connectivity index (χ3n) is 5.30. The number of quaternary nitrogens is 1. The van der Waals surface area contributed by atoms with Crippen molar-refractivity contribution < 1.29 is 18.5 Å². The number of allylic oxidation sites excluding steroid dienone is 2. The first kappa shape index (κ1) is 27.8. The van der Waals surface area contributed by atoms with Crippen molar-refractivity contribution in [2.75, 3.05) is 27.7 Å². The predicted molar refractivity (Wildman–Crippen MR) is 123 cm³/mol. The van der Waals surface area contributed by atoms with Gasteiger partial charge in [-0.2, -0.15) is 0 Å². The lowest BCUT2D eigenvalue weighted by Crippen LogP contribution is -2.44. The van der Waals surface area contributed by atoms with E-state index in [2.05, 4.69) is 19.1 Å². The Morgan fingerprint density at radius 3 is 1.75 bits per heavy atom. The Bertz CT molecular complexity index is 432. The van der Waals surface area contributed by atoms with Crippen LogP contribution >= 0.6 is 7.60 Å². The first-order chi connectivity index (χ1) is 13.3. The van der Waals surface area contributed by atoms with Gasteiger partial charge in [0.1, 0.15) is 0 Å². The molecule has 0 aliphatic heterocycles. The van der Waals surface area contributed by atoms with Crippen molar-refractivity contribution in [3.63, 3.8) is 0 Å². The van der Waals surface area contributed by atoms with Gasteiger partial charge >= 0.3 is 7.60 Å². The number of hydrogen-bond acceptors (Lipinski definition) is 2. The van der Waals surface area contributed by atoms with Crippen molar-refractivity contribution in [2.24, 2.45) is 0 Å². The molecule has 0 aliphatic rings. The smallest absolute Gasteiger partial charge is 0.320 e. The molecule has 0 heterocycles. The fourth-order valence-electron chi connectivity index (χ4n) is 3.68. The molecule has 0 aromatic carbocycles. The minimum atomic E-state index is -3.54. The fraction of sp³-hybridized carbons (Fsp3) is 0.913. The summed E-state index contributed by atoms with van der Waals surface area (Å²) in [6, 6.07) is 0. The van der Waals surface area contributed by atoms with Crippen molar-refractivity contribution in [3.8, 4) is 0 Å². The van der Waals surface area contributed by atoms with Crippen LogP contribution in [0.1, 0.15) is 104 Å². The van der Waals surface area contributed by atoms with E-state index in [1.54, 1.807) is 0 Å². The highest BCUT2D eigenvalue weighted by molar-refractivity contribution is 7.53. The molecule has 1 N–H and O–H groups in total. The molecule has 2 atom stereocenters. The Kier molecular flexibility index (Phi) is 16.5. The summed E-state index contributed by atoms with van der Waals surface area (Å²) in [4.78, 5) is 10.2. The highest BCUT2D eigenvalue weighted by Gasteiger charge is 2.41. The number of hydrogen-bond donors (Lipinski definition) is 1. The van der Waals surface area contributed by atoms with Crippen molar-refractivity contribution in [3.05, 3.63) is 12.2 Å². The second-order valence-electron chi connectivity index (χ2n) is 8.99. The van der Waals surface area contributed by atoms with E-state index in [-0.39, 0.29) is 5.78 Å². The van der Waals surface area contributed by atoms with Gasteiger partial charge in [0.25, 0.3) is 0 Å². The van der Waals surface area contributed by atoms with E-state index in [0.29, 0.717) is 17.5 Å². The zero-order chi connectivity index (χ0) is 21.3. The molecular formula is C23H49NO3P+. The lowest BCUT2D eigenvalue weighted by molar-refractivity contribution is -0.883. The molecule has 0 radical (unpaired) electrons. The van der Waals surface area contributed by atoms with E-state index in [1.165, 1.54) is 70.6 Å². The molecule has 0 aromatic rings. The van der Waals surface area contributed by atoms with Crippen molar-refractivity contribution in [1.82, 2.24) is 0 Å². The summed E-state index contributed by atoms with van der Waals surface area (Å²) in [6.07, 6.45) is 21.5. The normalized spacial score (nSPS) is 15.8. The summed E-state index contributed by atoms with van der Waals surface area (Å²) in [5.41, 5.74) is 0. The monoisotopic (exact) mass is 418 g/mol. The van der Waals surface area contributed by atoms with Gasteiger partial charge in [0, 0.05) is 6.42 Å². The van der Waals surface area contributed by atoms with Gasteiger partial charge in [-0.05, 0) is 25.7 Å². The largest absolute Gasteiger partial charge is 0.385 e. The SMILES string of the molecule is CCCC=CCCCCCCCCCCCCOP(=O)(O)C(CC)[N+](C)(C)C. The summed E-state index contributed by atoms with van der Waals surface area (Å²) < 4.78 is 18.3. The van der Waals surface area contributed by atoms with Crippen LogP contribution in [0.25, 0.3) is 0 Å². The molecule has 0 rings (SSSR count). The molecule has 0 bridgehead atoms. The van der Waals surface area contributed by atoms with Crippen LogP contribution in [0.4, 0.5) is 0 Å². The molecule has 0 aliphatic carbocycles. The highest BCUT2D eigenvalue weighted by atomic mass is 31.2. The molecule has 0 aromatic heterocycles. The maximum absolute atomic E-state index is 12.5. The van der Waals surface area contributed by atoms with Gasteiger partial charge in [0.05, 0.1) is 27.7 Å². The second kappa shape index (κ2) is 16.6. The zero-order valence-electron chi connectivity index (χ0n) is 19.5. The van der Waals surface area contributed by atoms with E-state index in [0.717, 1.165) is 12.8 Å². The van der Waals surface area contributed by atoms with Gasteiger partial charge in [0.15, 0.2) is 5.78 Å². The predicted octanol–water partition coefficient (Wildman–Crippen LogP) is 7.28. The standard InChI is InChI=1S/C23H48NO3P/c1-6-8-9-10-11-12-13-14-15-16-17-18-19-20-21-22-27-28(25,26)23(7-2)24(3,4)5/h9-10,23H,6-8,11-22H2,1-5H3/p+1. The summed E-state index contributed by atoms with van der Waals surface area (Å²) in [6.45, 7) is 4.57. The third kappa shape index (κ3) is 14.8. The molecule has 168 valence electrons. The van der Waals surface area contributed by atoms with Crippen LogP contribution in [0.15, 0.2) is 12.2 Å². The third-order valence-corrected chi connectivity index (χ3v) is 7.66. The van der Waals surface area contributed by atoms with Gasteiger partial charge in [0.2, 0.25) is 0 Å². The number of nitrogens with zero attached hydrogens (tertiary/aromatic N) is 1. The molecule has 5 heteroatoms. The summed E-state index contributed by atoms with van der Waals surface area (Å²) in [5.74, 6) is -0.347. The lowest BCUT2D eigenvalue weighted by atomic mass is 10.1. The average Bonchev–Trinajstić information content (AvgIpc) is 2.60. The van der Waals surface area contributed by atoms with E-state index in [1.807, 2.05) is 28.1 Å². The Labute approximate surface area is 175 Å². The Morgan fingerprint density at radius 1 is 0.821 bits per heavy atom.